The summed E-state index contributed by atoms with van der Waals surface area (Å²) >= 11 is 0. The van der Waals surface area contributed by atoms with Crippen molar-refractivity contribution in [1.29, 1.82) is 0 Å². The van der Waals surface area contributed by atoms with Crippen LogP contribution in [-0.4, -0.2) is 65.4 Å². The molecule has 1 saturated heterocycles. The number of nitrogens with one attached hydrogen (secondary N) is 3. The number of piperazine rings is 1. The lowest BCUT2D eigenvalue weighted by Gasteiger charge is -2.34. The lowest BCUT2D eigenvalue weighted by atomic mass is 10.0. The Balaban J connectivity index is 1.17. The molecular weight excluding hydrogens is 452 g/mol. The number of allylic oxidation sites excluding steroid dienone is 2. The summed E-state index contributed by atoms with van der Waals surface area (Å²) in [5, 5.41) is 9.81. The Kier molecular flexibility index (Phi) is 5.73. The summed E-state index contributed by atoms with van der Waals surface area (Å²) in [5.41, 5.74) is 6.58. The Labute approximate surface area is 210 Å². The van der Waals surface area contributed by atoms with Gasteiger partial charge in [-0.3, -0.25) is 9.59 Å². The third-order valence-corrected chi connectivity index (χ3v) is 7.37. The Bertz CT molecular complexity index is 1290. The van der Waals surface area contributed by atoms with Crippen molar-refractivity contribution in [1.82, 2.24) is 25.3 Å². The fraction of sp³-hybridized carbons (Fsp3) is 0.286. The maximum Gasteiger partial charge on any atom is 0.253 e. The van der Waals surface area contributed by atoms with E-state index >= 15 is 0 Å². The smallest absolute Gasteiger partial charge is 0.253 e. The number of carbonyl (C=O) groups is 2. The highest BCUT2D eigenvalue weighted by molar-refractivity contribution is 5.98. The van der Waals surface area contributed by atoms with Crippen molar-refractivity contribution in [2.24, 2.45) is 0 Å². The first-order valence-electron chi connectivity index (χ1n) is 12.5. The van der Waals surface area contributed by atoms with Gasteiger partial charge in [0, 0.05) is 61.9 Å². The van der Waals surface area contributed by atoms with Crippen LogP contribution in [0, 0.1) is 0 Å². The largest absolute Gasteiger partial charge is 0.365 e. The van der Waals surface area contributed by atoms with Gasteiger partial charge in [-0.15, -0.1) is 0 Å². The van der Waals surface area contributed by atoms with E-state index in [1.807, 2.05) is 53.7 Å². The van der Waals surface area contributed by atoms with Gasteiger partial charge in [0.2, 0.25) is 0 Å². The molecule has 0 aliphatic carbocycles. The summed E-state index contributed by atoms with van der Waals surface area (Å²) in [7, 11) is 0. The molecule has 8 nitrogen and oxygen atoms in total. The quantitative estimate of drug-likeness (QED) is 0.608. The predicted molar refractivity (Wildman–Crippen MR) is 140 cm³/mol. The van der Waals surface area contributed by atoms with E-state index in [9.17, 15) is 9.59 Å². The zero-order valence-corrected chi connectivity index (χ0v) is 20.3. The highest BCUT2D eigenvalue weighted by Crippen LogP contribution is 2.33. The molecule has 0 aromatic heterocycles. The van der Waals surface area contributed by atoms with Gasteiger partial charge in [-0.1, -0.05) is 13.0 Å². The van der Waals surface area contributed by atoms with Gasteiger partial charge >= 0.3 is 0 Å². The number of nitrogens with zero attached hydrogens (tertiary/aromatic N) is 3. The molecule has 4 heterocycles. The summed E-state index contributed by atoms with van der Waals surface area (Å²) in [6.45, 7) is 7.19. The first kappa shape index (κ1) is 22.4. The maximum absolute atomic E-state index is 12.9. The van der Waals surface area contributed by atoms with Crippen molar-refractivity contribution >= 4 is 23.2 Å². The summed E-state index contributed by atoms with van der Waals surface area (Å²) in [4.78, 5) is 31.3. The summed E-state index contributed by atoms with van der Waals surface area (Å²) in [5.74, 6) is 0.0915. The normalized spacial score (nSPS) is 20.8. The molecule has 2 aromatic carbocycles. The Morgan fingerprint density at radius 1 is 1.06 bits per heavy atom. The van der Waals surface area contributed by atoms with Crippen LogP contribution in [0.1, 0.15) is 38.8 Å². The van der Waals surface area contributed by atoms with E-state index in [0.717, 1.165) is 72.1 Å². The van der Waals surface area contributed by atoms with E-state index in [1.165, 1.54) is 0 Å². The number of anilines is 1. The molecule has 3 N–H and O–H groups in total. The van der Waals surface area contributed by atoms with Crippen molar-refractivity contribution in [2.45, 2.75) is 19.6 Å². The monoisotopic (exact) mass is 482 g/mol. The second-order valence-corrected chi connectivity index (χ2v) is 9.45. The molecular formula is C28H30N6O2. The zero-order valence-electron chi connectivity index (χ0n) is 20.3. The average molecular weight is 483 g/mol. The molecule has 4 aliphatic heterocycles. The van der Waals surface area contributed by atoms with Crippen molar-refractivity contribution in [3.8, 4) is 0 Å². The van der Waals surface area contributed by atoms with Crippen molar-refractivity contribution in [2.75, 3.05) is 38.0 Å². The molecule has 4 aliphatic rings. The number of hydrogen-bond donors (Lipinski definition) is 3. The molecule has 1 fully saturated rings. The number of rotatable bonds is 5. The van der Waals surface area contributed by atoms with Crippen molar-refractivity contribution in [3.05, 3.63) is 95.0 Å². The van der Waals surface area contributed by atoms with Gasteiger partial charge in [0.15, 0.2) is 0 Å². The molecule has 8 heteroatoms. The average Bonchev–Trinajstić information content (AvgIpc) is 3.56. The van der Waals surface area contributed by atoms with Crippen LogP contribution >= 0.6 is 0 Å². The molecule has 0 bridgehead atoms. The summed E-state index contributed by atoms with van der Waals surface area (Å²) in [6, 6.07) is 13.7. The lowest BCUT2D eigenvalue weighted by molar-refractivity contribution is 0.0643. The second kappa shape index (κ2) is 9.20. The summed E-state index contributed by atoms with van der Waals surface area (Å²) < 4.78 is 0. The molecule has 2 aromatic rings. The fourth-order valence-corrected chi connectivity index (χ4v) is 5.25. The molecule has 6 rings (SSSR count). The minimum atomic E-state index is -0.0609. The first-order valence-corrected chi connectivity index (χ1v) is 12.5. The molecule has 0 spiro atoms. The van der Waals surface area contributed by atoms with Crippen LogP contribution in [0.2, 0.25) is 0 Å². The van der Waals surface area contributed by atoms with Gasteiger partial charge in [-0.2, -0.15) is 0 Å². The Morgan fingerprint density at radius 3 is 2.64 bits per heavy atom. The molecule has 184 valence electrons. The summed E-state index contributed by atoms with van der Waals surface area (Å²) in [6.07, 6.45) is 8.09. The fourth-order valence-electron chi connectivity index (χ4n) is 5.25. The maximum atomic E-state index is 12.9. The van der Waals surface area contributed by atoms with Crippen LogP contribution in [0.3, 0.4) is 0 Å². The van der Waals surface area contributed by atoms with Crippen molar-refractivity contribution in [3.63, 3.8) is 0 Å². The Hall–Kier alpha value is -4.04. The molecule has 0 saturated carbocycles. The van der Waals surface area contributed by atoms with Gasteiger partial charge in [0.25, 0.3) is 11.8 Å². The number of amides is 2. The Morgan fingerprint density at radius 2 is 1.86 bits per heavy atom. The van der Waals surface area contributed by atoms with Crippen LogP contribution in [0.25, 0.3) is 5.70 Å². The van der Waals surface area contributed by atoms with Crippen LogP contribution in [0.15, 0.2) is 72.7 Å². The van der Waals surface area contributed by atoms with E-state index in [1.54, 1.807) is 0 Å². The van der Waals surface area contributed by atoms with E-state index in [0.29, 0.717) is 6.54 Å². The molecule has 36 heavy (non-hydrogen) atoms. The van der Waals surface area contributed by atoms with E-state index in [2.05, 4.69) is 50.9 Å². The minimum Gasteiger partial charge on any atom is -0.365 e. The van der Waals surface area contributed by atoms with Crippen molar-refractivity contribution < 1.29 is 9.59 Å². The third kappa shape index (κ3) is 4.03. The lowest BCUT2D eigenvalue weighted by Crippen LogP contribution is -2.48. The van der Waals surface area contributed by atoms with Crippen LogP contribution in [0.5, 0.6) is 0 Å². The van der Waals surface area contributed by atoms with Crippen LogP contribution in [0.4, 0.5) is 5.69 Å². The predicted octanol–water partition coefficient (Wildman–Crippen LogP) is 2.76. The second-order valence-electron chi connectivity index (χ2n) is 9.45. The van der Waals surface area contributed by atoms with Gasteiger partial charge in [-0.25, -0.2) is 0 Å². The molecule has 0 radical (unpaired) electrons. The SMILES string of the molecule is CCN1CCN(C(=O)c2ccc(NC3=CC=C(c4ccc5c(c4)CNC5=O)N4C=CNC34)cc2)CC1. The van der Waals surface area contributed by atoms with E-state index in [-0.39, 0.29) is 18.0 Å². The van der Waals surface area contributed by atoms with Crippen LogP contribution < -0.4 is 16.0 Å². The zero-order chi connectivity index (χ0) is 24.6. The standard InChI is InChI=1S/C28H30N6O2/c1-2-32-13-15-33(16-14-32)28(36)19-3-6-22(7-4-19)31-24-9-10-25(34-12-11-29-26(24)34)20-5-8-23-21(17-20)18-30-27(23)35/h3-12,17,26,29,31H,2,13-16,18H2,1H3,(H,30,35). The minimum absolute atomic E-state index is 0.00653. The number of fused-ring (bicyclic) bond motifs is 2. The highest BCUT2D eigenvalue weighted by Gasteiger charge is 2.30. The van der Waals surface area contributed by atoms with Gasteiger partial charge < -0.3 is 30.7 Å². The molecule has 1 atom stereocenters. The topological polar surface area (TPSA) is 80.0 Å². The highest BCUT2D eigenvalue weighted by atomic mass is 16.2. The van der Waals surface area contributed by atoms with Gasteiger partial charge in [0.05, 0.1) is 11.4 Å². The van der Waals surface area contributed by atoms with Gasteiger partial charge in [0.1, 0.15) is 6.17 Å². The molecule has 2 amide bonds. The third-order valence-electron chi connectivity index (χ3n) is 7.37. The number of carbonyl (C=O) groups excluding carboxylic acids is 2. The number of likely N-dealkylation sites (N-methyl/N-ethyl adjacent to an activating group) is 1. The van der Waals surface area contributed by atoms with Crippen LogP contribution in [-0.2, 0) is 6.54 Å². The van der Waals surface area contributed by atoms with E-state index < -0.39 is 0 Å². The number of benzene rings is 2. The van der Waals surface area contributed by atoms with Gasteiger partial charge in [-0.05, 0) is 66.2 Å². The first-order chi connectivity index (χ1) is 17.6. The number of hydrogen-bond acceptors (Lipinski definition) is 6. The molecule has 1 unspecified atom stereocenters. The van der Waals surface area contributed by atoms with E-state index in [4.69, 9.17) is 0 Å².